The average Bonchev–Trinajstić information content (AvgIpc) is 2.72. The maximum atomic E-state index is 11.8. The first kappa shape index (κ1) is 15.8. The number of aliphatic hydroxyl groups is 1. The molecular formula is C15H22N2O4. The number of likely N-dealkylation sites (N-methyl/N-ethyl adjacent to an activating group) is 1. The fraction of sp³-hybridized carbons (Fsp3) is 0.533. The third-order valence-electron chi connectivity index (χ3n) is 3.73. The summed E-state index contributed by atoms with van der Waals surface area (Å²) in [7, 11) is 5.01. The van der Waals surface area contributed by atoms with Gasteiger partial charge < -0.3 is 24.4 Å². The van der Waals surface area contributed by atoms with Gasteiger partial charge in [-0.25, -0.2) is 0 Å². The smallest absolute Gasteiger partial charge is 0.260 e. The van der Waals surface area contributed by atoms with Crippen LogP contribution in [0.15, 0.2) is 18.2 Å². The maximum absolute atomic E-state index is 11.8. The number of nitrogens with zero attached hydrogens (tertiary/aromatic N) is 2. The fourth-order valence-electron chi connectivity index (χ4n) is 2.46. The highest BCUT2D eigenvalue weighted by Crippen LogP contribution is 2.37. The summed E-state index contributed by atoms with van der Waals surface area (Å²) in [5, 5.41) is 9.89. The van der Waals surface area contributed by atoms with Crippen molar-refractivity contribution in [3.05, 3.63) is 23.8 Å². The predicted molar refractivity (Wildman–Crippen MR) is 80.8 cm³/mol. The van der Waals surface area contributed by atoms with E-state index in [1.54, 1.807) is 21.3 Å². The van der Waals surface area contributed by atoms with Gasteiger partial charge in [0, 0.05) is 45.6 Å². The van der Waals surface area contributed by atoms with E-state index in [-0.39, 0.29) is 5.91 Å². The van der Waals surface area contributed by atoms with Crippen molar-refractivity contribution in [1.29, 1.82) is 0 Å². The Morgan fingerprint density at radius 3 is 2.43 bits per heavy atom. The molecule has 1 unspecified atom stereocenters. The lowest BCUT2D eigenvalue weighted by molar-refractivity contribution is -0.125. The van der Waals surface area contributed by atoms with E-state index in [1.807, 2.05) is 18.2 Å². The quantitative estimate of drug-likeness (QED) is 0.806. The summed E-state index contributed by atoms with van der Waals surface area (Å²) in [6.45, 7) is 2.69. The molecule has 1 aromatic carbocycles. The maximum Gasteiger partial charge on any atom is 0.260 e. The minimum absolute atomic E-state index is 0.289. The lowest BCUT2D eigenvalue weighted by atomic mass is 10.1. The number of fused-ring (bicyclic) bond motifs is 1. The van der Waals surface area contributed by atoms with Crippen molar-refractivity contribution in [1.82, 2.24) is 0 Å². The van der Waals surface area contributed by atoms with Gasteiger partial charge in [-0.2, -0.15) is 0 Å². The Morgan fingerprint density at radius 2 is 1.86 bits per heavy atom. The van der Waals surface area contributed by atoms with E-state index in [2.05, 4.69) is 4.90 Å². The molecule has 0 radical (unpaired) electrons. The molecule has 6 nitrogen and oxygen atoms in total. The number of carbonyl (C=O) groups excluding carboxylic acids is 1. The summed E-state index contributed by atoms with van der Waals surface area (Å²) in [6.07, 6.45) is -1.05. The second-order valence-corrected chi connectivity index (χ2v) is 5.02. The van der Waals surface area contributed by atoms with Crippen LogP contribution in [0.5, 0.6) is 0 Å². The third-order valence-corrected chi connectivity index (χ3v) is 3.73. The van der Waals surface area contributed by atoms with Crippen molar-refractivity contribution >= 4 is 17.3 Å². The van der Waals surface area contributed by atoms with E-state index >= 15 is 0 Å². The molecule has 0 fully saturated rings. The molecule has 0 spiro atoms. The molecular weight excluding hydrogens is 272 g/mol. The van der Waals surface area contributed by atoms with Gasteiger partial charge >= 0.3 is 0 Å². The van der Waals surface area contributed by atoms with Crippen LogP contribution in [0.2, 0.25) is 0 Å². The van der Waals surface area contributed by atoms with Crippen LogP contribution in [0.3, 0.4) is 0 Å². The molecule has 0 saturated heterocycles. The summed E-state index contributed by atoms with van der Waals surface area (Å²) < 4.78 is 10.3. The van der Waals surface area contributed by atoms with Crippen molar-refractivity contribution in [2.45, 2.75) is 6.10 Å². The topological polar surface area (TPSA) is 62.2 Å². The Morgan fingerprint density at radius 1 is 1.24 bits per heavy atom. The second-order valence-electron chi connectivity index (χ2n) is 5.02. The molecule has 1 atom stereocenters. The Labute approximate surface area is 124 Å². The molecule has 1 aromatic rings. The summed E-state index contributed by atoms with van der Waals surface area (Å²) in [6, 6.07) is 5.65. The third kappa shape index (κ3) is 3.18. The van der Waals surface area contributed by atoms with Gasteiger partial charge in [0.05, 0.1) is 18.9 Å². The van der Waals surface area contributed by atoms with Crippen LogP contribution in [0.1, 0.15) is 11.7 Å². The van der Waals surface area contributed by atoms with Crippen molar-refractivity contribution in [2.24, 2.45) is 0 Å². The van der Waals surface area contributed by atoms with E-state index in [9.17, 15) is 9.90 Å². The Balaban J connectivity index is 2.24. The molecule has 1 N–H and O–H groups in total. The molecule has 0 saturated carbocycles. The molecule has 0 bridgehead atoms. The van der Waals surface area contributed by atoms with Gasteiger partial charge in [0.1, 0.15) is 0 Å². The molecule has 0 aliphatic carbocycles. The van der Waals surface area contributed by atoms with Crippen LogP contribution < -0.4 is 9.80 Å². The van der Waals surface area contributed by atoms with Gasteiger partial charge in [0.25, 0.3) is 5.91 Å². The molecule has 116 valence electrons. The number of ether oxygens (including phenoxy) is 2. The molecule has 6 heteroatoms. The van der Waals surface area contributed by atoms with Crippen LogP contribution in [0.4, 0.5) is 11.4 Å². The molecule has 0 aromatic heterocycles. The van der Waals surface area contributed by atoms with Crippen molar-refractivity contribution < 1.29 is 19.4 Å². The minimum Gasteiger partial charge on any atom is -0.383 e. The van der Waals surface area contributed by atoms with Gasteiger partial charge in [-0.05, 0) is 12.1 Å². The highest BCUT2D eigenvalue weighted by Gasteiger charge is 2.33. The molecule has 1 aliphatic heterocycles. The molecule has 21 heavy (non-hydrogen) atoms. The van der Waals surface area contributed by atoms with Gasteiger partial charge in [0.2, 0.25) is 0 Å². The van der Waals surface area contributed by atoms with Gasteiger partial charge in [-0.1, -0.05) is 6.07 Å². The first-order valence-corrected chi connectivity index (χ1v) is 6.92. The number of anilines is 2. The molecule has 1 aliphatic rings. The number of rotatable bonds is 7. The zero-order chi connectivity index (χ0) is 15.4. The second kappa shape index (κ2) is 6.89. The first-order chi connectivity index (χ1) is 10.1. The van der Waals surface area contributed by atoms with Crippen molar-refractivity contribution in [3.8, 4) is 0 Å². The SMILES string of the molecule is COCCN(CCOC)c1ccc2c(c1)N(C)C(=O)C2O. The summed E-state index contributed by atoms with van der Waals surface area (Å²) in [4.78, 5) is 15.4. The number of aliphatic hydroxyl groups excluding tert-OH is 1. The van der Waals surface area contributed by atoms with Gasteiger partial charge in [-0.3, -0.25) is 4.79 Å². The molecule has 1 amide bonds. The Hall–Kier alpha value is -1.63. The number of hydrogen-bond donors (Lipinski definition) is 1. The minimum atomic E-state index is -1.05. The normalized spacial score (nSPS) is 17.2. The zero-order valence-electron chi connectivity index (χ0n) is 12.7. The lowest BCUT2D eigenvalue weighted by Gasteiger charge is -2.25. The highest BCUT2D eigenvalue weighted by molar-refractivity contribution is 6.03. The van der Waals surface area contributed by atoms with E-state index < -0.39 is 6.10 Å². The van der Waals surface area contributed by atoms with Crippen LogP contribution >= 0.6 is 0 Å². The number of hydrogen-bond acceptors (Lipinski definition) is 5. The number of carbonyl (C=O) groups is 1. The standard InChI is InChI=1S/C15H22N2O4/c1-16-13-10-11(4-5-12(13)14(18)15(16)19)17(6-8-20-2)7-9-21-3/h4-5,10,14,18H,6-9H2,1-3H3. The van der Waals surface area contributed by atoms with Crippen molar-refractivity contribution in [3.63, 3.8) is 0 Å². The Bertz CT molecular complexity index is 498. The summed E-state index contributed by atoms with van der Waals surface area (Å²) >= 11 is 0. The predicted octanol–water partition coefficient (Wildman–Crippen LogP) is 0.796. The largest absolute Gasteiger partial charge is 0.383 e. The molecule has 1 heterocycles. The van der Waals surface area contributed by atoms with E-state index in [0.717, 1.165) is 24.5 Å². The molecule has 2 rings (SSSR count). The monoisotopic (exact) mass is 294 g/mol. The first-order valence-electron chi connectivity index (χ1n) is 6.92. The van der Waals surface area contributed by atoms with Crippen molar-refractivity contribution in [2.75, 3.05) is 57.4 Å². The Kier molecular flexibility index (Phi) is 5.17. The number of methoxy groups -OCH3 is 2. The van der Waals surface area contributed by atoms with Crippen LogP contribution in [0.25, 0.3) is 0 Å². The fourth-order valence-corrected chi connectivity index (χ4v) is 2.46. The van der Waals surface area contributed by atoms with Crippen LogP contribution in [-0.2, 0) is 14.3 Å². The average molecular weight is 294 g/mol. The van der Waals surface area contributed by atoms with Crippen LogP contribution in [0, 0.1) is 0 Å². The van der Waals surface area contributed by atoms with E-state index in [0.29, 0.717) is 18.8 Å². The summed E-state index contributed by atoms with van der Waals surface area (Å²) in [5.74, 6) is -0.289. The highest BCUT2D eigenvalue weighted by atomic mass is 16.5. The van der Waals surface area contributed by atoms with Gasteiger partial charge in [-0.15, -0.1) is 0 Å². The summed E-state index contributed by atoms with van der Waals surface area (Å²) in [5.41, 5.74) is 2.39. The number of benzene rings is 1. The van der Waals surface area contributed by atoms with Gasteiger partial charge in [0.15, 0.2) is 6.10 Å². The van der Waals surface area contributed by atoms with Crippen LogP contribution in [-0.4, -0.2) is 58.6 Å². The lowest BCUT2D eigenvalue weighted by Crippen LogP contribution is -2.30. The van der Waals surface area contributed by atoms with E-state index in [1.165, 1.54) is 4.90 Å². The number of amides is 1. The van der Waals surface area contributed by atoms with E-state index in [4.69, 9.17) is 9.47 Å². The zero-order valence-corrected chi connectivity index (χ0v) is 12.7.